The van der Waals surface area contributed by atoms with Crippen LogP contribution in [-0.2, 0) is 30.4 Å². The molecule has 0 bridgehead atoms. The molecule has 1 unspecified atom stereocenters. The van der Waals surface area contributed by atoms with Gasteiger partial charge in [0.15, 0.2) is 0 Å². The van der Waals surface area contributed by atoms with E-state index in [4.69, 9.17) is 16.2 Å². The molecule has 33 heavy (non-hydrogen) atoms. The lowest BCUT2D eigenvalue weighted by atomic mass is 9.83. The number of aryl methyl sites for hydroxylation is 1. The van der Waals surface area contributed by atoms with Crippen LogP contribution < -0.4 is 21.5 Å². The highest BCUT2D eigenvalue weighted by Gasteiger charge is 2.32. The largest absolute Gasteiger partial charge is 0.457 e. The highest BCUT2D eigenvalue weighted by molar-refractivity contribution is 5.93. The first-order chi connectivity index (χ1) is 15.7. The number of hydrogen-bond donors (Lipinski definition) is 3. The van der Waals surface area contributed by atoms with E-state index in [-0.39, 0.29) is 24.1 Å². The van der Waals surface area contributed by atoms with Crippen LogP contribution in [0.3, 0.4) is 0 Å². The molecule has 2 aromatic carbocycles. The predicted octanol–water partition coefficient (Wildman–Crippen LogP) is 4.68. The minimum atomic E-state index is -4.52. The fraction of sp³-hybridized carbons (Fsp3) is 0.250. The van der Waals surface area contributed by atoms with Crippen LogP contribution >= 0.6 is 0 Å². The summed E-state index contributed by atoms with van der Waals surface area (Å²) >= 11 is 0. The average Bonchev–Trinajstić information content (AvgIpc) is 2.77. The monoisotopic (exact) mass is 456 g/mol. The maximum atomic E-state index is 13.2. The summed E-state index contributed by atoms with van der Waals surface area (Å²) in [6.07, 6.45) is -1.23. The summed E-state index contributed by atoms with van der Waals surface area (Å²) < 4.78 is 45.4. The van der Waals surface area contributed by atoms with Gasteiger partial charge in [0.05, 0.1) is 5.56 Å². The Hall–Kier alpha value is -3.59. The number of halogens is 3. The second-order valence-corrected chi connectivity index (χ2v) is 8.00. The van der Waals surface area contributed by atoms with Gasteiger partial charge in [0.2, 0.25) is 5.91 Å². The number of benzene rings is 2. The quantitative estimate of drug-likeness (QED) is 0.517. The molecule has 1 aliphatic carbocycles. The maximum absolute atomic E-state index is 13.2. The molecule has 1 atom stereocenters. The lowest BCUT2D eigenvalue weighted by Crippen LogP contribution is -2.28. The first-order valence-electron chi connectivity index (χ1n) is 10.4. The second-order valence-electron chi connectivity index (χ2n) is 8.00. The number of aromatic nitrogens is 1. The molecular formula is C24H23F3N4O2. The van der Waals surface area contributed by atoms with E-state index in [9.17, 15) is 18.0 Å². The molecule has 3 aromatic rings. The summed E-state index contributed by atoms with van der Waals surface area (Å²) in [7, 11) is 0. The Kier molecular flexibility index (Phi) is 6.24. The van der Waals surface area contributed by atoms with E-state index in [2.05, 4.69) is 10.3 Å². The lowest BCUT2D eigenvalue weighted by molar-refractivity contribution is -0.137. The summed E-state index contributed by atoms with van der Waals surface area (Å²) in [6, 6.07) is 12.4. The Labute approximate surface area is 188 Å². The predicted molar refractivity (Wildman–Crippen MR) is 119 cm³/mol. The number of nitrogens with zero attached hydrogens (tertiary/aromatic N) is 1. The molecule has 0 saturated carbocycles. The molecule has 0 fully saturated rings. The molecule has 0 radical (unpaired) electrons. The van der Waals surface area contributed by atoms with Gasteiger partial charge in [-0.2, -0.15) is 13.2 Å². The Balaban J connectivity index is 1.49. The number of amides is 1. The average molecular weight is 456 g/mol. The van der Waals surface area contributed by atoms with Crippen LogP contribution in [0.1, 0.15) is 28.7 Å². The molecule has 1 aromatic heterocycles. The van der Waals surface area contributed by atoms with E-state index in [1.165, 1.54) is 6.07 Å². The van der Waals surface area contributed by atoms with Gasteiger partial charge in [0, 0.05) is 30.4 Å². The maximum Gasteiger partial charge on any atom is 0.416 e. The van der Waals surface area contributed by atoms with Crippen molar-refractivity contribution in [1.29, 1.82) is 0 Å². The molecule has 5 N–H and O–H groups in total. The van der Waals surface area contributed by atoms with Crippen LogP contribution in [-0.4, -0.2) is 10.9 Å². The van der Waals surface area contributed by atoms with Crippen molar-refractivity contribution in [1.82, 2.24) is 4.98 Å². The molecule has 172 valence electrons. The summed E-state index contributed by atoms with van der Waals surface area (Å²) in [5.41, 5.74) is 12.8. The smallest absolute Gasteiger partial charge is 0.416 e. The summed E-state index contributed by atoms with van der Waals surface area (Å²) in [5, 5.41) is 2.64. The molecule has 0 spiro atoms. The van der Waals surface area contributed by atoms with E-state index in [1.54, 1.807) is 18.3 Å². The highest BCUT2D eigenvalue weighted by Crippen LogP contribution is 2.34. The Morgan fingerprint density at radius 1 is 1.09 bits per heavy atom. The van der Waals surface area contributed by atoms with Crippen LogP contribution in [0.5, 0.6) is 11.5 Å². The van der Waals surface area contributed by atoms with Gasteiger partial charge in [0.25, 0.3) is 0 Å². The number of anilines is 2. The van der Waals surface area contributed by atoms with Crippen LogP contribution in [0, 0.1) is 5.92 Å². The van der Waals surface area contributed by atoms with Gasteiger partial charge in [-0.05, 0) is 72.4 Å². The second kappa shape index (κ2) is 9.11. The number of fused-ring (bicyclic) bond motifs is 1. The van der Waals surface area contributed by atoms with Crippen molar-refractivity contribution < 1.29 is 22.7 Å². The summed E-state index contributed by atoms with van der Waals surface area (Å²) in [5.74, 6) is 0.796. The third-order valence-corrected chi connectivity index (χ3v) is 5.59. The van der Waals surface area contributed by atoms with Gasteiger partial charge < -0.3 is 21.5 Å². The molecule has 1 amide bonds. The van der Waals surface area contributed by atoms with Crippen LogP contribution in [0.25, 0.3) is 0 Å². The zero-order valence-electron chi connectivity index (χ0n) is 17.7. The van der Waals surface area contributed by atoms with Crippen molar-refractivity contribution in [3.8, 4) is 11.5 Å². The van der Waals surface area contributed by atoms with Gasteiger partial charge in [-0.25, -0.2) is 4.98 Å². The van der Waals surface area contributed by atoms with Crippen LogP contribution in [0.15, 0.2) is 54.7 Å². The minimum Gasteiger partial charge on any atom is -0.457 e. The molecule has 0 aliphatic heterocycles. The fourth-order valence-corrected chi connectivity index (χ4v) is 3.94. The molecule has 1 heterocycles. The van der Waals surface area contributed by atoms with Crippen LogP contribution in [0.2, 0.25) is 0 Å². The van der Waals surface area contributed by atoms with E-state index < -0.39 is 11.7 Å². The number of pyridine rings is 1. The number of carbonyl (C=O) groups is 1. The number of rotatable bonds is 5. The SMILES string of the molecule is NCc1cc(NC(=O)C2CCc3ccc(Oc4ccnc(N)c4)cc3C2)cc(C(F)(F)F)c1. The van der Waals surface area contributed by atoms with Crippen LogP contribution in [0.4, 0.5) is 24.7 Å². The van der Waals surface area contributed by atoms with E-state index in [0.29, 0.717) is 42.1 Å². The third-order valence-electron chi connectivity index (χ3n) is 5.59. The van der Waals surface area contributed by atoms with Gasteiger partial charge >= 0.3 is 6.18 Å². The summed E-state index contributed by atoms with van der Waals surface area (Å²) in [4.78, 5) is 16.8. The zero-order chi connectivity index (χ0) is 23.6. The van der Waals surface area contributed by atoms with Crippen molar-refractivity contribution in [2.75, 3.05) is 11.1 Å². The number of alkyl halides is 3. The van der Waals surface area contributed by atoms with E-state index in [0.717, 1.165) is 23.3 Å². The summed E-state index contributed by atoms with van der Waals surface area (Å²) in [6.45, 7) is -0.0600. The van der Waals surface area contributed by atoms with Crippen molar-refractivity contribution in [2.24, 2.45) is 11.7 Å². The van der Waals surface area contributed by atoms with Crippen molar-refractivity contribution in [3.63, 3.8) is 0 Å². The van der Waals surface area contributed by atoms with Crippen molar-refractivity contribution in [3.05, 3.63) is 77.0 Å². The molecule has 1 aliphatic rings. The molecule has 9 heteroatoms. The zero-order valence-corrected chi connectivity index (χ0v) is 17.7. The first-order valence-corrected chi connectivity index (χ1v) is 10.4. The van der Waals surface area contributed by atoms with Gasteiger partial charge in [-0.3, -0.25) is 4.79 Å². The molecule has 6 nitrogen and oxygen atoms in total. The number of carbonyl (C=O) groups excluding carboxylic acids is 1. The van der Waals surface area contributed by atoms with Crippen molar-refractivity contribution >= 4 is 17.4 Å². The number of nitrogens with one attached hydrogen (secondary N) is 1. The normalized spacial score (nSPS) is 15.6. The number of ether oxygens (including phenoxy) is 1. The standard InChI is InChI=1S/C24H23F3N4O2/c25-24(26,27)18-7-14(13-28)8-19(11-18)31-23(32)16-2-1-15-3-4-20(10-17(15)9-16)33-21-5-6-30-22(29)12-21/h3-8,10-12,16H,1-2,9,13,28H2,(H2,29,30)(H,31,32). The lowest BCUT2D eigenvalue weighted by Gasteiger charge is -2.24. The Morgan fingerprint density at radius 3 is 2.61 bits per heavy atom. The fourth-order valence-electron chi connectivity index (χ4n) is 3.94. The Morgan fingerprint density at radius 2 is 1.88 bits per heavy atom. The number of nitrogen functional groups attached to an aromatic ring is 1. The van der Waals surface area contributed by atoms with Gasteiger partial charge in [-0.15, -0.1) is 0 Å². The number of hydrogen-bond acceptors (Lipinski definition) is 5. The third kappa shape index (κ3) is 5.43. The number of nitrogens with two attached hydrogens (primary N) is 2. The van der Waals surface area contributed by atoms with Crippen molar-refractivity contribution in [2.45, 2.75) is 32.0 Å². The van der Waals surface area contributed by atoms with E-state index >= 15 is 0 Å². The molecule has 4 rings (SSSR count). The molecular weight excluding hydrogens is 433 g/mol. The Bertz CT molecular complexity index is 1180. The highest BCUT2D eigenvalue weighted by atomic mass is 19.4. The minimum absolute atomic E-state index is 0.0600. The molecule has 0 saturated heterocycles. The topological polar surface area (TPSA) is 103 Å². The van der Waals surface area contributed by atoms with Gasteiger partial charge in [-0.1, -0.05) is 6.07 Å². The van der Waals surface area contributed by atoms with E-state index in [1.807, 2.05) is 18.2 Å². The first kappa shape index (κ1) is 22.6. The van der Waals surface area contributed by atoms with Gasteiger partial charge in [0.1, 0.15) is 17.3 Å².